The molecule has 3 rings (SSSR count). The van der Waals surface area contributed by atoms with Crippen LogP contribution in [0.1, 0.15) is 21.9 Å². The van der Waals surface area contributed by atoms with Crippen molar-refractivity contribution in [3.8, 4) is 0 Å². The smallest absolute Gasteiger partial charge is 0.449 e. The topological polar surface area (TPSA) is 52.2 Å². The predicted octanol–water partition coefficient (Wildman–Crippen LogP) is 4.45. The summed E-state index contributed by atoms with van der Waals surface area (Å²) < 4.78 is 44.8. The van der Waals surface area contributed by atoms with Crippen LogP contribution in [0.3, 0.4) is 0 Å². The maximum atomic E-state index is 12.6. The highest BCUT2D eigenvalue weighted by Gasteiger charge is 2.34. The number of nitrogens with zero attached hydrogens (tertiary/aromatic N) is 1. The van der Waals surface area contributed by atoms with Crippen molar-refractivity contribution in [1.29, 1.82) is 0 Å². The van der Waals surface area contributed by atoms with Crippen LogP contribution in [-0.2, 0) is 17.5 Å². The van der Waals surface area contributed by atoms with Crippen molar-refractivity contribution in [1.82, 2.24) is 4.57 Å². The van der Waals surface area contributed by atoms with Crippen LogP contribution in [0, 0.1) is 0 Å². The molecule has 0 fully saturated rings. The van der Waals surface area contributed by atoms with E-state index >= 15 is 0 Å². The van der Waals surface area contributed by atoms with Gasteiger partial charge in [-0.05, 0) is 24.3 Å². The molecule has 1 aromatic carbocycles. The van der Waals surface area contributed by atoms with Crippen molar-refractivity contribution in [3.63, 3.8) is 0 Å². The molecule has 0 unspecified atom stereocenters. The van der Waals surface area contributed by atoms with E-state index in [2.05, 4.69) is 15.9 Å². The van der Waals surface area contributed by atoms with Crippen molar-refractivity contribution in [2.75, 3.05) is 0 Å². The van der Waals surface area contributed by atoms with Gasteiger partial charge in [0.05, 0.1) is 17.6 Å². The van der Waals surface area contributed by atoms with Crippen molar-refractivity contribution < 1.29 is 27.2 Å². The molecule has 4 nitrogen and oxygen atoms in total. The fourth-order valence-corrected chi connectivity index (χ4v) is 3.04. The Morgan fingerprint density at radius 1 is 1.25 bits per heavy atom. The molecule has 0 amide bonds. The molecule has 2 aromatic heterocycles. The fraction of sp³-hybridized carbons (Fsp3) is 0.125. The first kappa shape index (κ1) is 16.5. The van der Waals surface area contributed by atoms with Crippen molar-refractivity contribution >= 4 is 38.9 Å². The summed E-state index contributed by atoms with van der Waals surface area (Å²) in [6.07, 6.45) is -2.92. The zero-order chi connectivity index (χ0) is 17.5. The number of aldehydes is 1. The Bertz CT molecular complexity index is 940. The van der Waals surface area contributed by atoms with Crippen molar-refractivity contribution in [2.45, 2.75) is 12.7 Å². The number of hydrogen-bond acceptors (Lipinski definition) is 3. The third-order valence-corrected chi connectivity index (χ3v) is 4.16. The zero-order valence-electron chi connectivity index (χ0n) is 11.9. The molecule has 0 bridgehead atoms. The van der Waals surface area contributed by atoms with Crippen molar-refractivity contribution in [2.24, 2.45) is 0 Å². The molecule has 2 heterocycles. The monoisotopic (exact) mass is 399 g/mol. The maximum Gasteiger partial charge on any atom is 0.449 e. The number of alkyl halides is 3. The van der Waals surface area contributed by atoms with Crippen LogP contribution >= 0.6 is 15.9 Å². The van der Waals surface area contributed by atoms with Gasteiger partial charge in [-0.25, -0.2) is 0 Å². The SMILES string of the molecule is O=CC(=O)c1cn(Cc2ccc(C(F)(F)F)o2)c2cccc(Br)c12. The van der Waals surface area contributed by atoms with Crippen LogP contribution in [0.25, 0.3) is 10.9 Å². The predicted molar refractivity (Wildman–Crippen MR) is 82.8 cm³/mol. The van der Waals surface area contributed by atoms with E-state index in [1.807, 2.05) is 0 Å². The summed E-state index contributed by atoms with van der Waals surface area (Å²) in [7, 11) is 0. The minimum Gasteiger partial charge on any atom is -0.455 e. The van der Waals surface area contributed by atoms with Gasteiger partial charge in [0.15, 0.2) is 6.29 Å². The summed E-state index contributed by atoms with van der Waals surface area (Å²) >= 11 is 3.32. The van der Waals surface area contributed by atoms with Gasteiger partial charge in [0.1, 0.15) is 5.76 Å². The highest BCUT2D eigenvalue weighted by Crippen LogP contribution is 2.32. The molecule has 0 atom stereocenters. The van der Waals surface area contributed by atoms with E-state index < -0.39 is 17.7 Å². The van der Waals surface area contributed by atoms with Crippen LogP contribution in [-0.4, -0.2) is 16.6 Å². The second kappa shape index (κ2) is 5.94. The molecule has 0 aliphatic carbocycles. The highest BCUT2D eigenvalue weighted by molar-refractivity contribution is 9.10. The number of Topliss-reactive ketones (excluding diaryl/α,β-unsaturated/α-hetero) is 1. The Morgan fingerprint density at radius 3 is 2.62 bits per heavy atom. The van der Waals surface area contributed by atoms with E-state index in [-0.39, 0.29) is 24.2 Å². The Hall–Kier alpha value is -2.35. The van der Waals surface area contributed by atoms with E-state index in [1.165, 1.54) is 12.3 Å². The minimum absolute atomic E-state index is 0.00479. The lowest BCUT2D eigenvalue weighted by Gasteiger charge is -2.04. The molecule has 0 spiro atoms. The van der Waals surface area contributed by atoms with Crippen LogP contribution in [0.4, 0.5) is 13.2 Å². The number of ketones is 1. The number of furan rings is 1. The van der Waals surface area contributed by atoms with Gasteiger partial charge in [-0.2, -0.15) is 13.2 Å². The number of aromatic nitrogens is 1. The minimum atomic E-state index is -4.56. The number of halogens is 4. The number of carbonyl (C=O) groups is 2. The highest BCUT2D eigenvalue weighted by atomic mass is 79.9. The summed E-state index contributed by atoms with van der Waals surface area (Å²) in [5.74, 6) is -1.70. The van der Waals surface area contributed by atoms with Crippen LogP contribution in [0.2, 0.25) is 0 Å². The van der Waals surface area contributed by atoms with Gasteiger partial charge in [0, 0.05) is 16.1 Å². The number of fused-ring (bicyclic) bond motifs is 1. The van der Waals surface area contributed by atoms with Gasteiger partial charge >= 0.3 is 6.18 Å². The van der Waals surface area contributed by atoms with Gasteiger partial charge < -0.3 is 8.98 Å². The average Bonchev–Trinajstić information content (AvgIpc) is 3.13. The molecule has 0 aliphatic heterocycles. The van der Waals surface area contributed by atoms with E-state index in [0.29, 0.717) is 15.4 Å². The Labute approximate surface area is 142 Å². The zero-order valence-corrected chi connectivity index (χ0v) is 13.5. The molecule has 0 radical (unpaired) electrons. The second-order valence-electron chi connectivity index (χ2n) is 5.05. The molecular formula is C16H9BrF3NO3. The number of carbonyl (C=O) groups excluding carboxylic acids is 2. The largest absolute Gasteiger partial charge is 0.455 e. The van der Waals surface area contributed by atoms with Gasteiger partial charge in [0.2, 0.25) is 11.5 Å². The normalized spacial score (nSPS) is 11.8. The summed E-state index contributed by atoms with van der Waals surface area (Å²) in [4.78, 5) is 22.6. The molecule has 3 aromatic rings. The third-order valence-electron chi connectivity index (χ3n) is 3.50. The van der Waals surface area contributed by atoms with Gasteiger partial charge in [0.25, 0.3) is 0 Å². The molecule has 8 heteroatoms. The molecular weight excluding hydrogens is 391 g/mol. The molecule has 0 saturated heterocycles. The van der Waals surface area contributed by atoms with Crippen LogP contribution in [0.15, 0.2) is 45.4 Å². The van der Waals surface area contributed by atoms with Crippen LogP contribution in [0.5, 0.6) is 0 Å². The third kappa shape index (κ3) is 2.89. The molecule has 124 valence electrons. The van der Waals surface area contributed by atoms with Crippen LogP contribution < -0.4 is 0 Å². The maximum absolute atomic E-state index is 12.6. The quantitative estimate of drug-likeness (QED) is 0.370. The first-order valence-corrected chi connectivity index (χ1v) is 7.53. The molecule has 0 aliphatic rings. The fourth-order valence-electron chi connectivity index (χ4n) is 2.47. The van der Waals surface area contributed by atoms with Gasteiger partial charge in [-0.15, -0.1) is 0 Å². The van der Waals surface area contributed by atoms with E-state index in [0.717, 1.165) is 6.07 Å². The summed E-state index contributed by atoms with van der Waals surface area (Å²) in [5.41, 5.74) is 0.773. The van der Waals surface area contributed by atoms with E-state index in [9.17, 15) is 22.8 Å². The first-order chi connectivity index (χ1) is 11.3. The first-order valence-electron chi connectivity index (χ1n) is 6.74. The Kier molecular flexibility index (Phi) is 4.08. The Balaban J connectivity index is 2.07. The summed E-state index contributed by atoms with van der Waals surface area (Å²) in [5, 5.41) is 0.525. The standard InChI is InChI=1S/C16H9BrF3NO3/c17-11-2-1-3-12-15(11)10(13(23)8-22)7-21(12)6-9-4-5-14(24-9)16(18,19)20/h1-5,7-8H,6H2. The number of rotatable bonds is 4. The molecule has 0 N–H and O–H groups in total. The Morgan fingerprint density at radius 2 is 2.00 bits per heavy atom. The number of benzene rings is 1. The lowest BCUT2D eigenvalue weighted by atomic mass is 10.1. The van der Waals surface area contributed by atoms with Crippen molar-refractivity contribution in [3.05, 3.63) is 58.1 Å². The average molecular weight is 400 g/mol. The second-order valence-corrected chi connectivity index (χ2v) is 5.90. The lowest BCUT2D eigenvalue weighted by Crippen LogP contribution is -2.03. The van der Waals surface area contributed by atoms with E-state index in [4.69, 9.17) is 4.42 Å². The van der Waals surface area contributed by atoms with Gasteiger partial charge in [-0.3, -0.25) is 9.59 Å². The molecule has 0 saturated carbocycles. The van der Waals surface area contributed by atoms with Gasteiger partial charge in [-0.1, -0.05) is 22.0 Å². The molecule has 24 heavy (non-hydrogen) atoms. The summed E-state index contributed by atoms with van der Waals surface area (Å²) in [6.45, 7) is -0.00479. The summed E-state index contributed by atoms with van der Waals surface area (Å²) in [6, 6.07) is 7.22. The lowest BCUT2D eigenvalue weighted by molar-refractivity contribution is -0.153. The van der Waals surface area contributed by atoms with E-state index in [1.54, 1.807) is 22.8 Å². The number of hydrogen-bond donors (Lipinski definition) is 0.